The topological polar surface area (TPSA) is 76.4 Å². The van der Waals surface area contributed by atoms with Crippen LogP contribution in [0.5, 0.6) is 5.75 Å². The lowest BCUT2D eigenvalue weighted by Crippen LogP contribution is -2.41. The third-order valence-corrected chi connectivity index (χ3v) is 4.59. The zero-order valence-corrected chi connectivity index (χ0v) is 14.2. The second-order valence-corrected chi connectivity index (χ2v) is 6.49. The van der Waals surface area contributed by atoms with E-state index >= 15 is 0 Å². The molecule has 0 radical (unpaired) electrons. The van der Waals surface area contributed by atoms with Gasteiger partial charge in [-0.25, -0.2) is 0 Å². The predicted molar refractivity (Wildman–Crippen MR) is 89.9 cm³/mol. The van der Waals surface area contributed by atoms with Crippen molar-refractivity contribution < 1.29 is 14.6 Å². The average Bonchev–Trinajstić information content (AvgIpc) is 2.95. The smallest absolute Gasteiger partial charge is 0.255 e. The van der Waals surface area contributed by atoms with E-state index in [9.17, 15) is 9.90 Å². The van der Waals surface area contributed by atoms with Crippen molar-refractivity contribution in [1.29, 1.82) is 0 Å². The van der Waals surface area contributed by atoms with Crippen LogP contribution >= 0.6 is 0 Å². The Hall–Kier alpha value is -2.34. The molecule has 0 aliphatic heterocycles. The number of hydrogen-bond donors (Lipinski definition) is 2. The van der Waals surface area contributed by atoms with Crippen LogP contribution in [0.25, 0.3) is 0 Å². The Balaban J connectivity index is 1.83. The fourth-order valence-electron chi connectivity index (χ4n) is 3.18. The third-order valence-electron chi connectivity index (χ3n) is 4.59. The number of nitrogens with zero attached hydrogens (tertiary/aromatic N) is 2. The van der Waals surface area contributed by atoms with Gasteiger partial charge >= 0.3 is 0 Å². The fourth-order valence-corrected chi connectivity index (χ4v) is 3.18. The molecular weight excluding hydrogens is 306 g/mol. The zero-order chi connectivity index (χ0) is 17.3. The minimum absolute atomic E-state index is 0.166. The molecule has 1 fully saturated rings. The Bertz CT molecular complexity index is 735. The predicted octanol–water partition coefficient (Wildman–Crippen LogP) is 1.98. The second-order valence-electron chi connectivity index (χ2n) is 6.49. The first-order valence-corrected chi connectivity index (χ1v) is 8.10. The number of aliphatic hydroxyl groups excluding tert-OH is 1. The van der Waals surface area contributed by atoms with Crippen LogP contribution in [0.1, 0.15) is 40.4 Å². The summed E-state index contributed by atoms with van der Waals surface area (Å²) in [5, 5.41) is 16.9. The number of ether oxygens (including phenoxy) is 1. The Labute approximate surface area is 141 Å². The van der Waals surface area contributed by atoms with Gasteiger partial charge in [-0.1, -0.05) is 6.07 Å². The second kappa shape index (κ2) is 6.65. The Morgan fingerprint density at radius 2 is 2.21 bits per heavy atom. The van der Waals surface area contributed by atoms with E-state index in [1.165, 1.54) is 0 Å². The van der Waals surface area contributed by atoms with Crippen LogP contribution < -0.4 is 10.1 Å². The summed E-state index contributed by atoms with van der Waals surface area (Å²) in [4.78, 5) is 12.8. The van der Waals surface area contributed by atoms with E-state index in [0.717, 1.165) is 11.1 Å². The number of aliphatic hydroxyl groups is 1. The van der Waals surface area contributed by atoms with E-state index in [0.29, 0.717) is 24.2 Å². The lowest BCUT2D eigenvalue weighted by atomic mass is 9.75. The van der Waals surface area contributed by atoms with E-state index in [4.69, 9.17) is 4.74 Å². The number of methoxy groups -OCH3 is 1. The average molecular weight is 329 g/mol. The molecule has 0 saturated heterocycles. The standard InChI is InChI=1S/C18H23N3O3/c1-11-4-5-15(16(6-11)24-3)18(23)20-17(12-7-14(22)8-12)13-9-19-21(2)10-13/h4-6,9-10,12,14,17,22H,7-8H2,1-3H3,(H,20,23)/t12?,14?,17-/m0/s1. The van der Waals surface area contributed by atoms with Crippen LogP contribution in [0, 0.1) is 12.8 Å². The highest BCUT2D eigenvalue weighted by Gasteiger charge is 2.36. The molecule has 3 rings (SSSR count). The maximum absolute atomic E-state index is 12.8. The van der Waals surface area contributed by atoms with Crippen molar-refractivity contribution in [2.24, 2.45) is 13.0 Å². The molecule has 6 heteroatoms. The molecule has 24 heavy (non-hydrogen) atoms. The van der Waals surface area contributed by atoms with Gasteiger partial charge in [0, 0.05) is 18.8 Å². The molecule has 1 saturated carbocycles. The molecule has 2 aromatic rings. The number of benzene rings is 1. The van der Waals surface area contributed by atoms with Crippen molar-refractivity contribution in [2.75, 3.05) is 7.11 Å². The van der Waals surface area contributed by atoms with E-state index in [-0.39, 0.29) is 24.0 Å². The van der Waals surface area contributed by atoms with Gasteiger partial charge < -0.3 is 15.2 Å². The highest BCUT2D eigenvalue weighted by Crippen LogP contribution is 2.38. The Kier molecular flexibility index (Phi) is 4.57. The SMILES string of the molecule is COc1cc(C)ccc1C(=O)N[C@H](c1cnn(C)c1)C1CC(O)C1. The van der Waals surface area contributed by atoms with E-state index in [2.05, 4.69) is 10.4 Å². The van der Waals surface area contributed by atoms with E-state index in [1.54, 1.807) is 24.1 Å². The summed E-state index contributed by atoms with van der Waals surface area (Å²) in [6.45, 7) is 1.96. The number of rotatable bonds is 5. The van der Waals surface area contributed by atoms with Crippen molar-refractivity contribution in [3.8, 4) is 5.75 Å². The number of amides is 1. The molecule has 1 amide bonds. The summed E-state index contributed by atoms with van der Waals surface area (Å²) >= 11 is 0. The summed E-state index contributed by atoms with van der Waals surface area (Å²) in [5.74, 6) is 0.595. The first kappa shape index (κ1) is 16.5. The minimum Gasteiger partial charge on any atom is -0.496 e. The normalized spacial score (nSPS) is 21.0. The number of nitrogens with one attached hydrogen (secondary N) is 1. The number of aromatic nitrogens is 2. The number of carbonyl (C=O) groups excluding carboxylic acids is 1. The molecule has 0 bridgehead atoms. The summed E-state index contributed by atoms with van der Waals surface area (Å²) in [7, 11) is 3.41. The van der Waals surface area contributed by atoms with Crippen LogP contribution in [-0.2, 0) is 7.05 Å². The number of hydrogen-bond acceptors (Lipinski definition) is 4. The molecular formula is C18H23N3O3. The van der Waals surface area contributed by atoms with Gasteiger partial charge in [0.2, 0.25) is 0 Å². The van der Waals surface area contributed by atoms with Crippen LogP contribution in [-0.4, -0.2) is 34.0 Å². The van der Waals surface area contributed by atoms with Gasteiger partial charge in [-0.15, -0.1) is 0 Å². The van der Waals surface area contributed by atoms with Crippen LogP contribution in [0.15, 0.2) is 30.6 Å². The minimum atomic E-state index is -0.278. The highest BCUT2D eigenvalue weighted by molar-refractivity contribution is 5.97. The maximum atomic E-state index is 12.8. The van der Waals surface area contributed by atoms with Gasteiger partial charge in [0.05, 0.1) is 31.0 Å². The van der Waals surface area contributed by atoms with E-state index < -0.39 is 0 Å². The lowest BCUT2D eigenvalue weighted by molar-refractivity contribution is 0.0235. The lowest BCUT2D eigenvalue weighted by Gasteiger charge is -2.37. The van der Waals surface area contributed by atoms with Crippen molar-refractivity contribution in [3.63, 3.8) is 0 Å². The zero-order valence-electron chi connectivity index (χ0n) is 14.2. The summed E-state index contributed by atoms with van der Waals surface area (Å²) in [6.07, 6.45) is 4.76. The number of aryl methyl sites for hydroxylation is 2. The number of carbonyl (C=O) groups is 1. The fraction of sp³-hybridized carbons (Fsp3) is 0.444. The molecule has 6 nitrogen and oxygen atoms in total. The molecule has 1 heterocycles. The summed E-state index contributed by atoms with van der Waals surface area (Å²) < 4.78 is 7.06. The first-order valence-electron chi connectivity index (χ1n) is 8.10. The summed E-state index contributed by atoms with van der Waals surface area (Å²) in [5.41, 5.74) is 2.50. The molecule has 1 aromatic heterocycles. The largest absolute Gasteiger partial charge is 0.496 e. The van der Waals surface area contributed by atoms with Crippen molar-refractivity contribution in [2.45, 2.75) is 31.9 Å². The molecule has 0 unspecified atom stereocenters. The van der Waals surface area contributed by atoms with Crippen molar-refractivity contribution in [3.05, 3.63) is 47.3 Å². The third kappa shape index (κ3) is 3.28. The Morgan fingerprint density at radius 3 is 2.79 bits per heavy atom. The molecule has 1 atom stereocenters. The van der Waals surface area contributed by atoms with Gasteiger partial charge in [-0.2, -0.15) is 5.10 Å². The molecule has 1 aliphatic carbocycles. The van der Waals surface area contributed by atoms with Crippen molar-refractivity contribution >= 4 is 5.91 Å². The molecule has 1 aromatic carbocycles. The highest BCUT2D eigenvalue weighted by atomic mass is 16.5. The van der Waals surface area contributed by atoms with E-state index in [1.807, 2.05) is 32.3 Å². The molecule has 128 valence electrons. The monoisotopic (exact) mass is 329 g/mol. The maximum Gasteiger partial charge on any atom is 0.255 e. The quantitative estimate of drug-likeness (QED) is 0.879. The molecule has 2 N–H and O–H groups in total. The van der Waals surface area contributed by atoms with Gasteiger partial charge in [0.1, 0.15) is 5.75 Å². The summed E-state index contributed by atoms with van der Waals surface area (Å²) in [6, 6.07) is 5.35. The Morgan fingerprint density at radius 1 is 1.46 bits per heavy atom. The van der Waals surface area contributed by atoms with Crippen molar-refractivity contribution in [1.82, 2.24) is 15.1 Å². The van der Waals surface area contributed by atoms with Crippen LogP contribution in [0.2, 0.25) is 0 Å². The van der Waals surface area contributed by atoms with Gasteiger partial charge in [-0.05, 0) is 43.4 Å². The van der Waals surface area contributed by atoms with Gasteiger partial charge in [-0.3, -0.25) is 9.48 Å². The molecule has 1 aliphatic rings. The van der Waals surface area contributed by atoms with Gasteiger partial charge in [0.25, 0.3) is 5.91 Å². The van der Waals surface area contributed by atoms with Crippen LogP contribution in [0.4, 0.5) is 0 Å². The van der Waals surface area contributed by atoms with Gasteiger partial charge in [0.15, 0.2) is 0 Å². The first-order chi connectivity index (χ1) is 11.5. The van der Waals surface area contributed by atoms with Crippen LogP contribution in [0.3, 0.4) is 0 Å². The molecule has 0 spiro atoms.